The zero-order valence-corrected chi connectivity index (χ0v) is 6.43. The standard InChI is InChI=1S/C7H11FO3/c1-2-3-4-6(9)5-7(10)11-8/h2-5H2,1H3. The summed E-state index contributed by atoms with van der Waals surface area (Å²) >= 11 is 0. The summed E-state index contributed by atoms with van der Waals surface area (Å²) in [6, 6.07) is 0. The number of rotatable bonds is 5. The Hall–Kier alpha value is -0.930. The zero-order valence-electron chi connectivity index (χ0n) is 6.43. The van der Waals surface area contributed by atoms with E-state index in [2.05, 4.69) is 4.94 Å². The Kier molecular flexibility index (Phi) is 5.33. The van der Waals surface area contributed by atoms with Gasteiger partial charge in [0.05, 0.1) is 0 Å². The molecule has 0 rings (SSSR count). The van der Waals surface area contributed by atoms with Crippen molar-refractivity contribution in [3.8, 4) is 0 Å². The van der Waals surface area contributed by atoms with Crippen LogP contribution in [0.15, 0.2) is 0 Å². The van der Waals surface area contributed by atoms with Gasteiger partial charge in [0.1, 0.15) is 12.2 Å². The lowest BCUT2D eigenvalue weighted by atomic mass is 10.1. The lowest BCUT2D eigenvalue weighted by Gasteiger charge is -1.94. The molecule has 0 fully saturated rings. The number of Topliss-reactive ketones (excluding diaryl/α,β-unsaturated/α-hetero) is 1. The van der Waals surface area contributed by atoms with E-state index >= 15 is 0 Å². The molecule has 0 aliphatic heterocycles. The van der Waals surface area contributed by atoms with Crippen LogP contribution in [0, 0.1) is 0 Å². The van der Waals surface area contributed by atoms with E-state index in [-0.39, 0.29) is 5.78 Å². The van der Waals surface area contributed by atoms with Gasteiger partial charge in [-0.1, -0.05) is 13.3 Å². The molecule has 0 saturated carbocycles. The van der Waals surface area contributed by atoms with Crippen molar-refractivity contribution in [1.82, 2.24) is 0 Å². The Bertz CT molecular complexity index is 145. The highest BCUT2D eigenvalue weighted by molar-refractivity contribution is 5.95. The van der Waals surface area contributed by atoms with Crippen LogP contribution in [-0.4, -0.2) is 11.8 Å². The summed E-state index contributed by atoms with van der Waals surface area (Å²) in [6.07, 6.45) is 1.50. The molecule has 0 aromatic carbocycles. The van der Waals surface area contributed by atoms with E-state index in [4.69, 9.17) is 0 Å². The molecule has 0 aliphatic carbocycles. The summed E-state index contributed by atoms with van der Waals surface area (Å²) in [7, 11) is 0. The minimum Gasteiger partial charge on any atom is -0.299 e. The number of hydrogen-bond acceptors (Lipinski definition) is 3. The van der Waals surface area contributed by atoms with Gasteiger partial charge in [0.25, 0.3) is 0 Å². The second kappa shape index (κ2) is 5.82. The summed E-state index contributed by atoms with van der Waals surface area (Å²) in [4.78, 5) is 23.7. The van der Waals surface area contributed by atoms with Gasteiger partial charge >= 0.3 is 5.97 Å². The topological polar surface area (TPSA) is 43.4 Å². The van der Waals surface area contributed by atoms with Gasteiger partial charge in [0.2, 0.25) is 0 Å². The molecule has 0 amide bonds. The van der Waals surface area contributed by atoms with Gasteiger partial charge in [-0.2, -0.15) is 0 Å². The Morgan fingerprint density at radius 2 is 2.09 bits per heavy atom. The van der Waals surface area contributed by atoms with Crippen molar-refractivity contribution < 1.29 is 19.1 Å². The molecule has 11 heavy (non-hydrogen) atoms. The predicted octanol–water partition coefficient (Wildman–Crippen LogP) is 1.56. The number of hydrogen-bond donors (Lipinski definition) is 0. The fourth-order valence-corrected chi connectivity index (χ4v) is 0.651. The maximum atomic E-state index is 11.1. The SMILES string of the molecule is CCCCC(=O)CC(=O)OF. The van der Waals surface area contributed by atoms with Crippen LogP contribution < -0.4 is 0 Å². The number of carbonyl (C=O) groups excluding carboxylic acids is 2. The second-order valence-electron chi connectivity index (χ2n) is 2.27. The minimum atomic E-state index is -1.11. The van der Waals surface area contributed by atoms with Crippen LogP contribution in [0.4, 0.5) is 4.53 Å². The van der Waals surface area contributed by atoms with E-state index in [0.717, 1.165) is 12.8 Å². The van der Waals surface area contributed by atoms with Gasteiger partial charge in [-0.25, -0.2) is 4.79 Å². The summed E-state index contributed by atoms with van der Waals surface area (Å²) in [5.74, 6) is -1.37. The van der Waals surface area contributed by atoms with Crippen molar-refractivity contribution in [2.75, 3.05) is 0 Å². The number of ketones is 1. The van der Waals surface area contributed by atoms with E-state index < -0.39 is 12.4 Å². The molecule has 0 aromatic rings. The van der Waals surface area contributed by atoms with Gasteiger partial charge < -0.3 is 0 Å². The third-order valence-electron chi connectivity index (χ3n) is 1.24. The van der Waals surface area contributed by atoms with E-state index in [1.807, 2.05) is 6.92 Å². The maximum absolute atomic E-state index is 11.1. The molecule has 0 aliphatic rings. The first-order valence-corrected chi connectivity index (χ1v) is 3.53. The Morgan fingerprint density at radius 1 is 1.45 bits per heavy atom. The smallest absolute Gasteiger partial charge is 0.299 e. The third kappa shape index (κ3) is 5.51. The van der Waals surface area contributed by atoms with Gasteiger partial charge in [-0.3, -0.25) is 9.74 Å². The van der Waals surface area contributed by atoms with Crippen LogP contribution in [-0.2, 0) is 14.5 Å². The molecule has 64 valence electrons. The van der Waals surface area contributed by atoms with Crippen molar-refractivity contribution in [2.45, 2.75) is 32.6 Å². The van der Waals surface area contributed by atoms with Gasteiger partial charge in [0.15, 0.2) is 0 Å². The first-order valence-electron chi connectivity index (χ1n) is 3.53. The number of unbranched alkanes of at least 4 members (excludes halogenated alkanes) is 1. The summed E-state index contributed by atoms with van der Waals surface area (Å²) < 4.78 is 11.1. The Labute approximate surface area is 64.4 Å². The molecule has 3 nitrogen and oxygen atoms in total. The molecule has 0 unspecified atom stereocenters. The van der Waals surface area contributed by atoms with Crippen molar-refractivity contribution in [1.29, 1.82) is 0 Å². The van der Waals surface area contributed by atoms with E-state index in [1.54, 1.807) is 0 Å². The second-order valence-corrected chi connectivity index (χ2v) is 2.27. The van der Waals surface area contributed by atoms with E-state index in [0.29, 0.717) is 6.42 Å². The molecule has 0 N–H and O–H groups in total. The van der Waals surface area contributed by atoms with Crippen molar-refractivity contribution in [2.24, 2.45) is 0 Å². The van der Waals surface area contributed by atoms with Crippen LogP contribution in [0.5, 0.6) is 0 Å². The molecule has 0 heterocycles. The fourth-order valence-electron chi connectivity index (χ4n) is 0.651. The van der Waals surface area contributed by atoms with Crippen molar-refractivity contribution in [3.05, 3.63) is 0 Å². The van der Waals surface area contributed by atoms with Crippen LogP contribution in [0.25, 0.3) is 0 Å². The van der Waals surface area contributed by atoms with E-state index in [9.17, 15) is 14.1 Å². The molecule has 0 radical (unpaired) electrons. The van der Waals surface area contributed by atoms with Crippen LogP contribution in [0.3, 0.4) is 0 Å². The first kappa shape index (κ1) is 10.1. The average Bonchev–Trinajstić information content (AvgIpc) is 2.00. The highest BCUT2D eigenvalue weighted by Gasteiger charge is 2.09. The van der Waals surface area contributed by atoms with Crippen molar-refractivity contribution in [3.63, 3.8) is 0 Å². The van der Waals surface area contributed by atoms with Gasteiger partial charge in [0, 0.05) is 10.9 Å². The molecular weight excluding hydrogens is 151 g/mol. The Balaban J connectivity index is 3.44. The van der Waals surface area contributed by atoms with Gasteiger partial charge in [-0.15, -0.1) is 0 Å². The molecule has 0 bridgehead atoms. The molecule has 0 aromatic heterocycles. The third-order valence-corrected chi connectivity index (χ3v) is 1.24. The zero-order chi connectivity index (χ0) is 8.69. The molecule has 0 saturated heterocycles. The normalized spacial score (nSPS) is 9.27. The molecule has 4 heteroatoms. The number of carbonyl (C=O) groups is 2. The summed E-state index contributed by atoms with van der Waals surface area (Å²) in [5.41, 5.74) is 0. The molecular formula is C7H11FO3. The summed E-state index contributed by atoms with van der Waals surface area (Å²) in [6.45, 7) is 1.93. The van der Waals surface area contributed by atoms with Gasteiger partial charge in [-0.05, 0) is 6.42 Å². The highest BCUT2D eigenvalue weighted by atomic mass is 19.3. The lowest BCUT2D eigenvalue weighted by Crippen LogP contribution is -2.07. The predicted molar refractivity (Wildman–Crippen MR) is 36.3 cm³/mol. The Morgan fingerprint density at radius 3 is 2.55 bits per heavy atom. The van der Waals surface area contributed by atoms with Crippen LogP contribution in [0.2, 0.25) is 0 Å². The fraction of sp³-hybridized carbons (Fsp3) is 0.714. The molecule has 0 atom stereocenters. The number of halogens is 1. The van der Waals surface area contributed by atoms with Crippen LogP contribution in [0.1, 0.15) is 32.6 Å². The van der Waals surface area contributed by atoms with Crippen molar-refractivity contribution >= 4 is 11.8 Å². The summed E-state index contributed by atoms with van der Waals surface area (Å²) in [5, 5.41) is 0. The van der Waals surface area contributed by atoms with Crippen LogP contribution >= 0.6 is 0 Å². The van der Waals surface area contributed by atoms with E-state index in [1.165, 1.54) is 0 Å². The first-order chi connectivity index (χ1) is 5.20. The quantitative estimate of drug-likeness (QED) is 0.576. The largest absolute Gasteiger partial charge is 0.356 e. The monoisotopic (exact) mass is 162 g/mol. The maximum Gasteiger partial charge on any atom is 0.356 e. The average molecular weight is 162 g/mol. The lowest BCUT2D eigenvalue weighted by molar-refractivity contribution is -0.183. The highest BCUT2D eigenvalue weighted by Crippen LogP contribution is 1.99. The molecule has 0 spiro atoms. The minimum absolute atomic E-state index is 0.269.